The molecule has 0 unspecified atom stereocenters. The van der Waals surface area contributed by atoms with Gasteiger partial charge in [0.05, 0.1) is 12.7 Å². The first-order chi connectivity index (χ1) is 14.1. The van der Waals surface area contributed by atoms with Crippen LogP contribution in [-0.2, 0) is 4.79 Å². The number of carbonyl (C=O) groups excluding carboxylic acids is 1. The van der Waals surface area contributed by atoms with Crippen molar-refractivity contribution >= 4 is 5.97 Å². The molecule has 0 atom stereocenters. The molecule has 6 nitrogen and oxygen atoms in total. The molecule has 1 heterocycles. The fourth-order valence-electron chi connectivity index (χ4n) is 2.65. The molecule has 3 aromatic carbocycles. The molecule has 0 spiro atoms. The van der Waals surface area contributed by atoms with Gasteiger partial charge in [0, 0.05) is 28.8 Å². The molecule has 146 valence electrons. The zero-order valence-corrected chi connectivity index (χ0v) is 16.1. The smallest absolute Gasteiger partial charge is 0.414 e. The van der Waals surface area contributed by atoms with E-state index in [1.807, 2.05) is 89.6 Å². The molecule has 0 amide bonds. The van der Waals surface area contributed by atoms with E-state index in [2.05, 4.69) is 5.10 Å². The second-order valence-corrected chi connectivity index (χ2v) is 6.05. The highest BCUT2D eigenvalue weighted by atomic mass is 16.5. The molecule has 0 radical (unpaired) electrons. The molecule has 0 saturated heterocycles. The summed E-state index contributed by atoms with van der Waals surface area (Å²) in [7, 11) is 1.65. The van der Waals surface area contributed by atoms with Crippen LogP contribution in [0.5, 0.6) is 5.75 Å². The average Bonchev–Trinajstić information content (AvgIpc) is 3.20. The Morgan fingerprint density at radius 1 is 0.897 bits per heavy atom. The summed E-state index contributed by atoms with van der Waals surface area (Å²) in [5.74, 6) is 0.973. The van der Waals surface area contributed by atoms with Gasteiger partial charge in [-0.05, 0) is 48.0 Å². The van der Waals surface area contributed by atoms with E-state index in [-0.39, 0.29) is 0 Å². The van der Waals surface area contributed by atoms with Crippen LogP contribution in [0.3, 0.4) is 0 Å². The zero-order chi connectivity index (χ0) is 20.6. The number of rotatable bonds is 4. The van der Waals surface area contributed by atoms with E-state index in [4.69, 9.17) is 19.1 Å². The van der Waals surface area contributed by atoms with Crippen molar-refractivity contribution in [2.75, 3.05) is 7.11 Å². The van der Waals surface area contributed by atoms with E-state index >= 15 is 0 Å². The van der Waals surface area contributed by atoms with E-state index < -0.39 is 5.97 Å². The number of methoxy groups -OCH3 is 1. The minimum Gasteiger partial charge on any atom is -0.550 e. The number of hydrogen-bond acceptors (Lipinski definition) is 5. The number of para-hydroxylation sites is 1. The molecule has 0 aliphatic carbocycles. The van der Waals surface area contributed by atoms with Crippen LogP contribution < -0.4 is 14.5 Å². The summed E-state index contributed by atoms with van der Waals surface area (Å²) < 4.78 is 13.2. The molecule has 0 saturated carbocycles. The molecular formula is C23H20N2O4. The topological polar surface area (TPSA) is 79.3 Å². The predicted octanol–water partition coefficient (Wildman–Crippen LogP) is 3.05. The van der Waals surface area contributed by atoms with Crippen LogP contribution in [0.15, 0.2) is 89.3 Å². The van der Waals surface area contributed by atoms with Crippen LogP contribution in [0, 0.1) is 0 Å². The standard InChI is InChI=1S/C21H17N2O2.C2H4O2/c1-24-19-14-12-17(13-15-19)21-23(18-10-6-3-7-11-18)22-20(25-21)16-8-4-2-5-9-16;1-2(3)4/h2-15H,1H3;1H3,(H,3,4)/q+1;/p-1. The Bertz CT molecular complexity index is 1060. The van der Waals surface area contributed by atoms with Crippen molar-refractivity contribution in [1.29, 1.82) is 0 Å². The lowest BCUT2D eigenvalue weighted by Gasteiger charge is -1.98. The number of benzene rings is 3. The number of carbonyl (C=O) groups is 1. The lowest BCUT2D eigenvalue weighted by Crippen LogP contribution is -2.34. The molecule has 0 fully saturated rings. The van der Waals surface area contributed by atoms with E-state index in [9.17, 15) is 0 Å². The molecule has 29 heavy (non-hydrogen) atoms. The highest BCUT2D eigenvalue weighted by molar-refractivity contribution is 5.60. The Morgan fingerprint density at radius 3 is 2.00 bits per heavy atom. The Morgan fingerprint density at radius 2 is 1.45 bits per heavy atom. The Labute approximate surface area is 168 Å². The summed E-state index contributed by atoms with van der Waals surface area (Å²) in [5, 5.41) is 13.6. The van der Waals surface area contributed by atoms with Gasteiger partial charge >= 0.3 is 5.89 Å². The first-order valence-corrected chi connectivity index (χ1v) is 8.94. The normalized spacial score (nSPS) is 10.0. The van der Waals surface area contributed by atoms with Gasteiger partial charge in [0.2, 0.25) is 5.69 Å². The molecule has 1 aromatic heterocycles. The van der Waals surface area contributed by atoms with Crippen molar-refractivity contribution in [1.82, 2.24) is 5.10 Å². The van der Waals surface area contributed by atoms with E-state index in [0.29, 0.717) is 11.8 Å². The molecule has 4 rings (SSSR count). The first kappa shape index (κ1) is 19.8. The third kappa shape index (κ3) is 5.07. The third-order valence-corrected chi connectivity index (χ3v) is 3.94. The van der Waals surface area contributed by atoms with E-state index in [1.165, 1.54) is 0 Å². The Balaban J connectivity index is 0.000000552. The van der Waals surface area contributed by atoms with Gasteiger partial charge < -0.3 is 19.1 Å². The van der Waals surface area contributed by atoms with Gasteiger partial charge in [-0.3, -0.25) is 0 Å². The first-order valence-electron chi connectivity index (χ1n) is 8.94. The largest absolute Gasteiger partial charge is 0.550 e. The fourth-order valence-corrected chi connectivity index (χ4v) is 2.65. The van der Waals surface area contributed by atoms with Gasteiger partial charge in [-0.1, -0.05) is 36.4 Å². The molecule has 0 bridgehead atoms. The molecule has 6 heteroatoms. The highest BCUT2D eigenvalue weighted by Gasteiger charge is 2.26. The molecule has 0 aliphatic rings. The summed E-state index contributed by atoms with van der Waals surface area (Å²) in [6.45, 7) is 0.972. The number of ether oxygens (including phenoxy) is 1. The monoisotopic (exact) mass is 388 g/mol. The summed E-state index contributed by atoms with van der Waals surface area (Å²) in [5.41, 5.74) is 2.81. The number of carboxylic acids is 1. The minimum absolute atomic E-state index is 0.579. The van der Waals surface area contributed by atoms with Crippen LogP contribution in [0.4, 0.5) is 0 Å². The van der Waals surface area contributed by atoms with Crippen LogP contribution in [0.1, 0.15) is 6.92 Å². The summed E-state index contributed by atoms with van der Waals surface area (Å²) in [6.07, 6.45) is 0. The number of hydrogen-bond donors (Lipinski definition) is 0. The fraction of sp³-hybridized carbons (Fsp3) is 0.0870. The lowest BCUT2D eigenvalue weighted by atomic mass is 10.2. The van der Waals surface area contributed by atoms with Crippen molar-refractivity contribution in [3.05, 3.63) is 84.9 Å². The molecular weight excluding hydrogens is 368 g/mol. The Hall–Kier alpha value is -3.93. The molecule has 4 aromatic rings. The van der Waals surface area contributed by atoms with Gasteiger partial charge in [0.15, 0.2) is 0 Å². The van der Waals surface area contributed by atoms with Gasteiger partial charge in [0.25, 0.3) is 5.89 Å². The maximum absolute atomic E-state index is 8.89. The van der Waals surface area contributed by atoms with Gasteiger partial charge in [-0.15, -0.1) is 0 Å². The van der Waals surface area contributed by atoms with Crippen LogP contribution >= 0.6 is 0 Å². The number of aliphatic carboxylic acids is 1. The zero-order valence-electron chi connectivity index (χ0n) is 16.1. The second-order valence-electron chi connectivity index (χ2n) is 6.05. The van der Waals surface area contributed by atoms with Gasteiger partial charge in [-0.2, -0.15) is 0 Å². The van der Waals surface area contributed by atoms with E-state index in [0.717, 1.165) is 29.5 Å². The van der Waals surface area contributed by atoms with Crippen LogP contribution in [0.2, 0.25) is 0 Å². The van der Waals surface area contributed by atoms with Gasteiger partial charge in [-0.25, -0.2) is 0 Å². The highest BCUT2D eigenvalue weighted by Crippen LogP contribution is 2.25. The number of carboxylic acid groups (broad SMARTS) is 1. The maximum atomic E-state index is 8.89. The summed E-state index contributed by atoms with van der Waals surface area (Å²) in [4.78, 5) is 8.89. The lowest BCUT2D eigenvalue weighted by molar-refractivity contribution is -0.648. The van der Waals surface area contributed by atoms with Crippen LogP contribution in [0.25, 0.3) is 28.6 Å². The summed E-state index contributed by atoms with van der Waals surface area (Å²) in [6, 6.07) is 27.6. The molecule has 0 N–H and O–H groups in total. The van der Waals surface area contributed by atoms with Crippen molar-refractivity contribution in [3.63, 3.8) is 0 Å². The Kier molecular flexibility index (Phi) is 6.37. The van der Waals surface area contributed by atoms with Gasteiger partial charge in [0.1, 0.15) is 5.75 Å². The van der Waals surface area contributed by atoms with Crippen molar-refractivity contribution in [2.45, 2.75) is 6.92 Å². The average molecular weight is 388 g/mol. The van der Waals surface area contributed by atoms with Crippen molar-refractivity contribution < 1.29 is 23.7 Å². The molecule has 0 aliphatic heterocycles. The SMILES string of the molecule is CC(=O)[O-].COc1ccc(-c2oc(-c3ccccc3)n[n+]2-c2ccccc2)cc1. The minimum atomic E-state index is -1.08. The summed E-state index contributed by atoms with van der Waals surface area (Å²) >= 11 is 0. The second kappa shape index (κ2) is 9.32. The number of nitrogens with zero attached hydrogens (tertiary/aromatic N) is 2. The predicted molar refractivity (Wildman–Crippen MR) is 106 cm³/mol. The van der Waals surface area contributed by atoms with Crippen LogP contribution in [-0.4, -0.2) is 18.2 Å². The quantitative estimate of drug-likeness (QED) is 0.502. The van der Waals surface area contributed by atoms with Crippen molar-refractivity contribution in [2.24, 2.45) is 0 Å². The van der Waals surface area contributed by atoms with E-state index in [1.54, 1.807) is 7.11 Å². The maximum Gasteiger partial charge on any atom is 0.414 e. The number of aromatic nitrogens is 2. The van der Waals surface area contributed by atoms with Crippen molar-refractivity contribution in [3.8, 4) is 34.3 Å². The third-order valence-electron chi connectivity index (χ3n) is 3.94.